The Hall–Kier alpha value is -0.260. The van der Waals surface area contributed by atoms with E-state index in [2.05, 4.69) is 0 Å². The van der Waals surface area contributed by atoms with Crippen molar-refractivity contribution in [3.8, 4) is 0 Å². The summed E-state index contributed by atoms with van der Waals surface area (Å²) >= 11 is 1.64. The van der Waals surface area contributed by atoms with Gasteiger partial charge in [-0.05, 0) is 19.8 Å². The van der Waals surface area contributed by atoms with Crippen LogP contribution in [-0.2, 0) is 14.3 Å². The highest BCUT2D eigenvalue weighted by molar-refractivity contribution is 7.99. The zero-order chi connectivity index (χ0) is 11.8. The smallest absolute Gasteiger partial charge is 0.308 e. The monoisotopic (exact) mass is 248 g/mol. The van der Waals surface area contributed by atoms with Crippen molar-refractivity contribution in [1.82, 2.24) is 0 Å². The van der Waals surface area contributed by atoms with Crippen LogP contribution in [0.5, 0.6) is 0 Å². The Morgan fingerprint density at radius 3 is 3.12 bits per heavy atom. The minimum absolute atomic E-state index is 0.0896. The molecule has 0 aromatic carbocycles. The van der Waals surface area contributed by atoms with E-state index in [1.807, 2.05) is 0 Å². The predicted molar refractivity (Wildman–Crippen MR) is 63.6 cm³/mol. The quantitative estimate of drug-likeness (QED) is 0.686. The van der Waals surface area contributed by atoms with Crippen molar-refractivity contribution in [1.29, 1.82) is 0 Å². The summed E-state index contributed by atoms with van der Waals surface area (Å²) in [5.41, 5.74) is 0. The number of carbonyl (C=O) groups excluding carboxylic acids is 1. The molecule has 0 spiro atoms. The number of aliphatic hydroxyl groups is 1. The summed E-state index contributed by atoms with van der Waals surface area (Å²) in [5, 5.41) is 9.56. The maximum absolute atomic E-state index is 11.1. The first-order valence-electron chi connectivity index (χ1n) is 5.75. The summed E-state index contributed by atoms with van der Waals surface area (Å²) in [5.74, 6) is 1.14. The van der Waals surface area contributed by atoms with Gasteiger partial charge in [0.05, 0.1) is 25.2 Å². The Morgan fingerprint density at radius 1 is 1.69 bits per heavy atom. The Bertz CT molecular complexity index is 204. The molecule has 0 saturated carbocycles. The number of rotatable bonds is 7. The Kier molecular flexibility index (Phi) is 6.84. The van der Waals surface area contributed by atoms with Crippen LogP contribution in [0, 0.1) is 0 Å². The van der Waals surface area contributed by atoms with E-state index in [0.717, 1.165) is 25.2 Å². The minimum Gasteiger partial charge on any atom is -0.466 e. The summed E-state index contributed by atoms with van der Waals surface area (Å²) < 4.78 is 10.2. The highest BCUT2D eigenvalue weighted by atomic mass is 32.2. The molecule has 1 aliphatic heterocycles. The van der Waals surface area contributed by atoms with Crippen molar-refractivity contribution in [2.75, 3.05) is 24.7 Å². The standard InChI is InChI=1S/C11H20O4S/c1-2-14-11(13)6-9(12)7-16-8-10-4-3-5-15-10/h9-10,12H,2-8H2,1H3. The van der Waals surface area contributed by atoms with Gasteiger partial charge in [0.1, 0.15) is 0 Å². The molecule has 0 radical (unpaired) electrons. The lowest BCUT2D eigenvalue weighted by atomic mass is 10.3. The van der Waals surface area contributed by atoms with Crippen LogP contribution in [0.2, 0.25) is 0 Å². The lowest BCUT2D eigenvalue weighted by molar-refractivity contribution is -0.144. The highest BCUT2D eigenvalue weighted by Crippen LogP contribution is 2.18. The first-order chi connectivity index (χ1) is 7.72. The molecule has 1 rings (SSSR count). The Balaban J connectivity index is 2.00. The van der Waals surface area contributed by atoms with Crippen LogP contribution in [0.15, 0.2) is 0 Å². The Labute approximate surface area is 101 Å². The van der Waals surface area contributed by atoms with Crippen LogP contribution < -0.4 is 0 Å². The summed E-state index contributed by atoms with van der Waals surface area (Å²) in [4.78, 5) is 11.1. The molecule has 4 nitrogen and oxygen atoms in total. The molecular weight excluding hydrogens is 228 g/mol. The fourth-order valence-corrected chi connectivity index (χ4v) is 2.63. The van der Waals surface area contributed by atoms with Gasteiger partial charge in [-0.3, -0.25) is 4.79 Å². The number of hydrogen-bond donors (Lipinski definition) is 1. The van der Waals surface area contributed by atoms with E-state index in [-0.39, 0.29) is 12.4 Å². The summed E-state index contributed by atoms with van der Waals surface area (Å²) in [6.07, 6.45) is 2.06. The van der Waals surface area contributed by atoms with Gasteiger partial charge >= 0.3 is 5.97 Å². The maximum Gasteiger partial charge on any atom is 0.308 e. The van der Waals surface area contributed by atoms with Crippen molar-refractivity contribution >= 4 is 17.7 Å². The van der Waals surface area contributed by atoms with Gasteiger partial charge in [0.25, 0.3) is 0 Å². The van der Waals surface area contributed by atoms with Gasteiger partial charge in [-0.2, -0.15) is 11.8 Å². The SMILES string of the molecule is CCOC(=O)CC(O)CSCC1CCCO1. The second-order valence-corrected chi connectivity index (χ2v) is 4.91. The molecule has 1 heterocycles. The molecular formula is C11H20O4S. The molecule has 94 valence electrons. The summed E-state index contributed by atoms with van der Waals surface area (Å²) in [6, 6.07) is 0. The van der Waals surface area contributed by atoms with Crippen molar-refractivity contribution in [2.24, 2.45) is 0 Å². The fourth-order valence-electron chi connectivity index (χ4n) is 1.58. The molecule has 1 saturated heterocycles. The van der Waals surface area contributed by atoms with E-state index in [1.54, 1.807) is 18.7 Å². The highest BCUT2D eigenvalue weighted by Gasteiger charge is 2.17. The van der Waals surface area contributed by atoms with Crippen molar-refractivity contribution in [2.45, 2.75) is 38.4 Å². The largest absolute Gasteiger partial charge is 0.466 e. The molecule has 2 unspecified atom stereocenters. The molecule has 1 N–H and O–H groups in total. The second kappa shape index (κ2) is 7.92. The van der Waals surface area contributed by atoms with Gasteiger partial charge in [-0.15, -0.1) is 0 Å². The number of esters is 1. The first kappa shape index (κ1) is 13.8. The lowest BCUT2D eigenvalue weighted by Crippen LogP contribution is -2.19. The third-order valence-electron chi connectivity index (χ3n) is 2.35. The number of hydrogen-bond acceptors (Lipinski definition) is 5. The lowest BCUT2D eigenvalue weighted by Gasteiger charge is -2.12. The van der Waals surface area contributed by atoms with Crippen LogP contribution in [0.25, 0.3) is 0 Å². The molecule has 1 aliphatic rings. The molecule has 5 heteroatoms. The third-order valence-corrected chi connectivity index (χ3v) is 3.57. The average Bonchev–Trinajstić information content (AvgIpc) is 2.70. The van der Waals surface area contributed by atoms with Crippen LogP contribution in [0.1, 0.15) is 26.2 Å². The van der Waals surface area contributed by atoms with E-state index in [1.165, 1.54) is 0 Å². The normalized spacial score (nSPS) is 22.0. The topological polar surface area (TPSA) is 55.8 Å². The van der Waals surface area contributed by atoms with Crippen molar-refractivity contribution in [3.63, 3.8) is 0 Å². The molecule has 0 aliphatic carbocycles. The maximum atomic E-state index is 11.1. The molecule has 0 bridgehead atoms. The molecule has 0 aromatic heterocycles. The number of aliphatic hydroxyl groups excluding tert-OH is 1. The number of thioether (sulfide) groups is 1. The van der Waals surface area contributed by atoms with Gasteiger partial charge in [-0.25, -0.2) is 0 Å². The van der Waals surface area contributed by atoms with Gasteiger partial charge in [0.2, 0.25) is 0 Å². The second-order valence-electron chi connectivity index (χ2n) is 3.84. The van der Waals surface area contributed by atoms with E-state index in [0.29, 0.717) is 18.5 Å². The molecule has 2 atom stereocenters. The Morgan fingerprint density at radius 2 is 2.50 bits per heavy atom. The van der Waals surface area contributed by atoms with Gasteiger partial charge in [0, 0.05) is 18.1 Å². The van der Waals surface area contributed by atoms with E-state index < -0.39 is 6.10 Å². The minimum atomic E-state index is -0.606. The summed E-state index contributed by atoms with van der Waals surface area (Å²) in [6.45, 7) is 2.99. The zero-order valence-electron chi connectivity index (χ0n) is 9.68. The molecule has 0 aromatic rings. The first-order valence-corrected chi connectivity index (χ1v) is 6.91. The fraction of sp³-hybridized carbons (Fsp3) is 0.909. The third kappa shape index (κ3) is 5.72. The summed E-state index contributed by atoms with van der Waals surface area (Å²) in [7, 11) is 0. The van der Waals surface area contributed by atoms with Gasteiger partial charge < -0.3 is 14.6 Å². The van der Waals surface area contributed by atoms with E-state index in [4.69, 9.17) is 9.47 Å². The van der Waals surface area contributed by atoms with Crippen molar-refractivity contribution < 1.29 is 19.4 Å². The van der Waals surface area contributed by atoms with Crippen molar-refractivity contribution in [3.05, 3.63) is 0 Å². The van der Waals surface area contributed by atoms with E-state index in [9.17, 15) is 9.90 Å². The van der Waals surface area contributed by atoms with Crippen LogP contribution in [-0.4, -0.2) is 48.0 Å². The van der Waals surface area contributed by atoms with Gasteiger partial charge in [-0.1, -0.05) is 0 Å². The zero-order valence-corrected chi connectivity index (χ0v) is 10.5. The van der Waals surface area contributed by atoms with Crippen LogP contribution in [0.3, 0.4) is 0 Å². The molecule has 16 heavy (non-hydrogen) atoms. The molecule has 1 fully saturated rings. The van der Waals surface area contributed by atoms with Gasteiger partial charge in [0.15, 0.2) is 0 Å². The average molecular weight is 248 g/mol. The van der Waals surface area contributed by atoms with Crippen LogP contribution in [0.4, 0.5) is 0 Å². The molecule has 0 amide bonds. The number of ether oxygens (including phenoxy) is 2. The predicted octanol–water partition coefficient (Wildman–Crippen LogP) is 1.21. The van der Waals surface area contributed by atoms with E-state index >= 15 is 0 Å². The van der Waals surface area contributed by atoms with Crippen LogP contribution >= 0.6 is 11.8 Å². The number of carbonyl (C=O) groups is 1.